The van der Waals surface area contributed by atoms with Gasteiger partial charge in [0, 0.05) is 35.8 Å². The van der Waals surface area contributed by atoms with Gasteiger partial charge in [0.1, 0.15) is 0 Å². The van der Waals surface area contributed by atoms with Gasteiger partial charge in [0.25, 0.3) is 5.91 Å². The Morgan fingerprint density at radius 2 is 1.69 bits per heavy atom. The zero-order valence-electron chi connectivity index (χ0n) is 17.3. The fourth-order valence-electron chi connectivity index (χ4n) is 3.61. The number of allylic oxidation sites excluding steroid dienone is 2. The Morgan fingerprint density at radius 1 is 1.10 bits per heavy atom. The lowest BCUT2D eigenvalue weighted by Crippen LogP contribution is -2.48. The quantitative estimate of drug-likeness (QED) is 0.777. The minimum absolute atomic E-state index is 0.00690. The number of hydrogen-bond acceptors (Lipinski definition) is 4. The number of nitrogens with one attached hydrogen (secondary N) is 1. The number of carbonyl (C=O) groups excluding carboxylic acids is 1. The first kappa shape index (κ1) is 20.3. The molecule has 5 heteroatoms. The highest BCUT2D eigenvalue weighted by Gasteiger charge is 2.33. The van der Waals surface area contributed by atoms with Gasteiger partial charge in [-0.15, -0.1) is 0 Å². The van der Waals surface area contributed by atoms with E-state index in [0.29, 0.717) is 41.5 Å². The molecule has 1 amide bonds. The van der Waals surface area contributed by atoms with Crippen molar-refractivity contribution in [1.82, 2.24) is 4.90 Å². The monoisotopic (exact) mass is 386 g/mol. The molecule has 5 nitrogen and oxygen atoms in total. The van der Waals surface area contributed by atoms with Gasteiger partial charge in [-0.3, -0.25) is 10.2 Å². The van der Waals surface area contributed by atoms with Crippen molar-refractivity contribution in [2.24, 2.45) is 5.73 Å². The van der Waals surface area contributed by atoms with Crippen molar-refractivity contribution >= 4 is 11.6 Å². The van der Waals surface area contributed by atoms with Crippen LogP contribution >= 0.6 is 0 Å². The molecule has 0 aliphatic carbocycles. The standard InChI is InChI=1S/C24H26N4O/c1-14-9-15(2)22(10-21(14)23(27)16(3)17(4)26)24(29)28-12-20(13-28)19-7-5-18(11-25)6-8-19/h5-10,20,27H,12-13,26H2,1-4H3. The topological polar surface area (TPSA) is 94.0 Å². The first-order valence-electron chi connectivity index (χ1n) is 9.65. The third kappa shape index (κ3) is 3.93. The van der Waals surface area contributed by atoms with Crippen molar-refractivity contribution in [3.8, 4) is 6.07 Å². The van der Waals surface area contributed by atoms with Crippen molar-refractivity contribution in [3.63, 3.8) is 0 Å². The molecule has 0 unspecified atom stereocenters. The molecule has 1 heterocycles. The predicted octanol–water partition coefficient (Wildman–Crippen LogP) is 4.04. The Hall–Kier alpha value is -3.39. The molecule has 1 aliphatic rings. The maximum absolute atomic E-state index is 13.1. The van der Waals surface area contributed by atoms with Gasteiger partial charge >= 0.3 is 0 Å². The summed E-state index contributed by atoms with van der Waals surface area (Å²) in [5.74, 6) is 0.285. The van der Waals surface area contributed by atoms with Crippen LogP contribution in [0.1, 0.15) is 57.9 Å². The van der Waals surface area contributed by atoms with E-state index in [0.717, 1.165) is 27.8 Å². The van der Waals surface area contributed by atoms with E-state index in [1.807, 2.05) is 62.1 Å². The summed E-state index contributed by atoms with van der Waals surface area (Å²) in [6, 6.07) is 13.5. The third-order valence-corrected chi connectivity index (χ3v) is 5.72. The predicted molar refractivity (Wildman–Crippen MR) is 115 cm³/mol. The molecule has 1 saturated heterocycles. The molecule has 0 radical (unpaired) electrons. The molecule has 3 N–H and O–H groups in total. The van der Waals surface area contributed by atoms with E-state index in [1.54, 1.807) is 6.92 Å². The number of hydrogen-bond donors (Lipinski definition) is 2. The minimum Gasteiger partial charge on any atom is -0.402 e. The molecule has 29 heavy (non-hydrogen) atoms. The number of benzene rings is 2. The third-order valence-electron chi connectivity index (χ3n) is 5.72. The summed E-state index contributed by atoms with van der Waals surface area (Å²) in [7, 11) is 0. The number of nitriles is 1. The summed E-state index contributed by atoms with van der Waals surface area (Å²) in [6.45, 7) is 8.81. The highest BCUT2D eigenvalue weighted by atomic mass is 16.2. The second-order valence-electron chi connectivity index (χ2n) is 7.81. The highest BCUT2D eigenvalue weighted by Crippen LogP contribution is 2.30. The van der Waals surface area contributed by atoms with Crippen LogP contribution in [-0.2, 0) is 0 Å². The van der Waals surface area contributed by atoms with Crippen LogP contribution in [0.4, 0.5) is 0 Å². The molecular weight excluding hydrogens is 360 g/mol. The maximum atomic E-state index is 13.1. The number of carbonyl (C=O) groups is 1. The van der Waals surface area contributed by atoms with Gasteiger partial charge in [0.15, 0.2) is 0 Å². The van der Waals surface area contributed by atoms with E-state index in [-0.39, 0.29) is 5.91 Å². The Labute approximate surface area is 172 Å². The summed E-state index contributed by atoms with van der Waals surface area (Å²) in [4.78, 5) is 14.9. The lowest BCUT2D eigenvalue weighted by Gasteiger charge is -2.40. The first-order valence-corrected chi connectivity index (χ1v) is 9.65. The number of rotatable bonds is 4. The van der Waals surface area contributed by atoms with Gasteiger partial charge in [-0.25, -0.2) is 0 Å². The highest BCUT2D eigenvalue weighted by molar-refractivity contribution is 6.12. The van der Waals surface area contributed by atoms with Gasteiger partial charge in [-0.1, -0.05) is 18.2 Å². The Morgan fingerprint density at radius 3 is 2.24 bits per heavy atom. The van der Waals surface area contributed by atoms with Gasteiger partial charge in [0.2, 0.25) is 0 Å². The molecule has 0 aromatic heterocycles. The van der Waals surface area contributed by atoms with E-state index in [1.165, 1.54) is 0 Å². The van der Waals surface area contributed by atoms with Crippen molar-refractivity contribution in [1.29, 1.82) is 10.7 Å². The van der Waals surface area contributed by atoms with Crippen LogP contribution in [0.15, 0.2) is 47.7 Å². The van der Waals surface area contributed by atoms with Crippen LogP contribution in [-0.4, -0.2) is 29.6 Å². The molecule has 1 aliphatic heterocycles. The largest absolute Gasteiger partial charge is 0.402 e. The Bertz CT molecular complexity index is 1050. The molecule has 2 aromatic carbocycles. The van der Waals surface area contributed by atoms with Crippen molar-refractivity contribution < 1.29 is 4.79 Å². The molecule has 2 aromatic rings. The molecule has 0 bridgehead atoms. The summed E-state index contributed by atoms with van der Waals surface area (Å²) < 4.78 is 0. The summed E-state index contributed by atoms with van der Waals surface area (Å²) in [6.07, 6.45) is 0. The average Bonchev–Trinajstić information content (AvgIpc) is 2.66. The average molecular weight is 386 g/mol. The fourth-order valence-corrected chi connectivity index (χ4v) is 3.61. The number of amides is 1. The Kier molecular flexibility index (Phi) is 5.56. The number of nitrogens with two attached hydrogens (primary N) is 1. The van der Waals surface area contributed by atoms with Crippen LogP contribution in [0.2, 0.25) is 0 Å². The molecule has 0 spiro atoms. The van der Waals surface area contributed by atoms with Crippen LogP contribution in [0, 0.1) is 30.6 Å². The number of likely N-dealkylation sites (tertiary alicyclic amines) is 1. The molecule has 1 fully saturated rings. The minimum atomic E-state index is -0.00690. The van der Waals surface area contributed by atoms with Gasteiger partial charge in [-0.05, 0) is 68.2 Å². The second-order valence-corrected chi connectivity index (χ2v) is 7.81. The molecule has 0 atom stereocenters. The molecule has 0 saturated carbocycles. The van der Waals surface area contributed by atoms with Crippen LogP contribution < -0.4 is 5.73 Å². The zero-order chi connectivity index (χ0) is 21.3. The van der Waals surface area contributed by atoms with Crippen molar-refractivity contribution in [2.75, 3.05) is 13.1 Å². The maximum Gasteiger partial charge on any atom is 0.254 e. The number of aryl methyl sites for hydroxylation is 2. The molecule has 148 valence electrons. The fraction of sp³-hybridized carbons (Fsp3) is 0.292. The van der Waals surface area contributed by atoms with E-state index >= 15 is 0 Å². The summed E-state index contributed by atoms with van der Waals surface area (Å²) in [5, 5.41) is 17.4. The van der Waals surface area contributed by atoms with E-state index in [4.69, 9.17) is 16.4 Å². The van der Waals surface area contributed by atoms with Crippen LogP contribution in [0.25, 0.3) is 0 Å². The Balaban J connectivity index is 1.80. The normalized spacial score (nSPS) is 14.7. The van der Waals surface area contributed by atoms with Crippen LogP contribution in [0.3, 0.4) is 0 Å². The molecular formula is C24H26N4O. The van der Waals surface area contributed by atoms with E-state index in [9.17, 15) is 4.79 Å². The van der Waals surface area contributed by atoms with E-state index in [2.05, 4.69) is 6.07 Å². The molecule has 3 rings (SSSR count). The lowest BCUT2D eigenvalue weighted by molar-refractivity contribution is 0.0601. The number of nitrogens with zero attached hydrogens (tertiary/aromatic N) is 2. The summed E-state index contributed by atoms with van der Waals surface area (Å²) in [5.41, 5.74) is 12.6. The zero-order valence-corrected chi connectivity index (χ0v) is 17.3. The van der Waals surface area contributed by atoms with Gasteiger partial charge in [-0.2, -0.15) is 5.26 Å². The van der Waals surface area contributed by atoms with Gasteiger partial charge in [0.05, 0.1) is 17.3 Å². The van der Waals surface area contributed by atoms with Crippen molar-refractivity contribution in [2.45, 2.75) is 33.6 Å². The first-order chi connectivity index (χ1) is 13.7. The smallest absolute Gasteiger partial charge is 0.254 e. The SMILES string of the molecule is CC(N)=C(C)C(=N)c1cc(C(=O)N2CC(c3ccc(C#N)cc3)C2)c(C)cc1C. The van der Waals surface area contributed by atoms with Crippen LogP contribution in [0.5, 0.6) is 0 Å². The van der Waals surface area contributed by atoms with Crippen molar-refractivity contribution in [3.05, 3.63) is 81.0 Å². The second kappa shape index (κ2) is 7.92. The summed E-state index contributed by atoms with van der Waals surface area (Å²) >= 11 is 0. The lowest BCUT2D eigenvalue weighted by atomic mass is 9.89. The van der Waals surface area contributed by atoms with E-state index < -0.39 is 0 Å². The van der Waals surface area contributed by atoms with Gasteiger partial charge < -0.3 is 10.6 Å².